The Hall–Kier alpha value is -1.36. The zero-order valence-corrected chi connectivity index (χ0v) is 9.57. The Morgan fingerprint density at radius 1 is 1.47 bits per heavy atom. The number of nitrogens with one attached hydrogen (secondary N) is 1. The van der Waals surface area contributed by atoms with E-state index >= 15 is 0 Å². The van der Waals surface area contributed by atoms with Gasteiger partial charge in [-0.25, -0.2) is 10.8 Å². The largest absolute Gasteiger partial charge is 0.358 e. The quantitative estimate of drug-likeness (QED) is 0.564. The molecule has 0 aromatic carbocycles. The molecule has 1 heterocycles. The van der Waals surface area contributed by atoms with Crippen molar-refractivity contribution in [2.24, 2.45) is 11.8 Å². The molecular weight excluding hydrogens is 190 g/mol. The molecule has 3 N–H and O–H groups in total. The van der Waals surface area contributed by atoms with Gasteiger partial charge in [0.25, 0.3) is 0 Å². The Morgan fingerprint density at radius 3 is 2.80 bits per heavy atom. The number of nitrogens with zero attached hydrogens (tertiary/aromatic N) is 3. The van der Waals surface area contributed by atoms with Crippen molar-refractivity contribution in [1.29, 1.82) is 0 Å². The first-order valence-electron chi connectivity index (χ1n) is 5.13. The normalized spacial score (nSPS) is 10.5. The van der Waals surface area contributed by atoms with Crippen molar-refractivity contribution >= 4 is 11.6 Å². The minimum absolute atomic E-state index is 0.587. The van der Waals surface area contributed by atoms with Crippen LogP contribution in [0.5, 0.6) is 0 Å². The van der Waals surface area contributed by atoms with Gasteiger partial charge in [0.05, 0.1) is 12.4 Å². The van der Waals surface area contributed by atoms with Crippen LogP contribution in [0.2, 0.25) is 0 Å². The van der Waals surface area contributed by atoms with Gasteiger partial charge >= 0.3 is 0 Å². The van der Waals surface area contributed by atoms with Crippen LogP contribution >= 0.6 is 0 Å². The van der Waals surface area contributed by atoms with Crippen LogP contribution in [0.15, 0.2) is 12.4 Å². The number of hydrogen-bond acceptors (Lipinski definition) is 5. The van der Waals surface area contributed by atoms with Crippen LogP contribution in [0, 0.1) is 5.92 Å². The van der Waals surface area contributed by atoms with Crippen molar-refractivity contribution in [2.75, 3.05) is 23.9 Å². The lowest BCUT2D eigenvalue weighted by Gasteiger charge is -2.19. The first kappa shape index (κ1) is 11.7. The molecule has 5 nitrogen and oxygen atoms in total. The van der Waals surface area contributed by atoms with E-state index in [1.165, 1.54) is 0 Å². The van der Waals surface area contributed by atoms with Crippen molar-refractivity contribution in [2.45, 2.75) is 20.3 Å². The van der Waals surface area contributed by atoms with Gasteiger partial charge in [0.2, 0.25) is 0 Å². The number of nitrogens with two attached hydrogens (primary N) is 1. The zero-order valence-electron chi connectivity index (χ0n) is 9.57. The maximum Gasteiger partial charge on any atom is 0.160 e. The number of rotatable bonds is 5. The maximum atomic E-state index is 5.27. The summed E-state index contributed by atoms with van der Waals surface area (Å²) in [7, 11) is 2.01. The lowest BCUT2D eigenvalue weighted by molar-refractivity contribution is 0.583. The fourth-order valence-corrected chi connectivity index (χ4v) is 1.18. The second-order valence-electron chi connectivity index (χ2n) is 4.01. The molecule has 0 bridgehead atoms. The first-order chi connectivity index (χ1) is 7.13. The topological polar surface area (TPSA) is 67.1 Å². The van der Waals surface area contributed by atoms with Crippen LogP contribution in [0.1, 0.15) is 20.3 Å². The van der Waals surface area contributed by atoms with Crippen LogP contribution in [0.4, 0.5) is 11.6 Å². The van der Waals surface area contributed by atoms with Crippen molar-refractivity contribution in [3.63, 3.8) is 0 Å². The molecule has 0 radical (unpaired) electrons. The molecule has 84 valence electrons. The number of aromatic nitrogens is 2. The Kier molecular flexibility index (Phi) is 4.30. The smallest absolute Gasteiger partial charge is 0.160 e. The van der Waals surface area contributed by atoms with Crippen LogP contribution in [-0.4, -0.2) is 23.6 Å². The highest BCUT2D eigenvalue weighted by Crippen LogP contribution is 2.11. The minimum atomic E-state index is 0.587. The van der Waals surface area contributed by atoms with Crippen molar-refractivity contribution in [3.05, 3.63) is 12.4 Å². The van der Waals surface area contributed by atoms with E-state index < -0.39 is 0 Å². The van der Waals surface area contributed by atoms with E-state index in [2.05, 4.69) is 34.1 Å². The Morgan fingerprint density at radius 2 is 2.20 bits per heavy atom. The van der Waals surface area contributed by atoms with Gasteiger partial charge < -0.3 is 10.3 Å². The van der Waals surface area contributed by atoms with E-state index in [0.717, 1.165) is 18.8 Å². The summed E-state index contributed by atoms with van der Waals surface area (Å²) in [5, 5.41) is 0. The van der Waals surface area contributed by atoms with E-state index in [9.17, 15) is 0 Å². The van der Waals surface area contributed by atoms with Crippen molar-refractivity contribution in [1.82, 2.24) is 9.97 Å². The summed E-state index contributed by atoms with van der Waals surface area (Å²) < 4.78 is 0. The number of anilines is 2. The summed E-state index contributed by atoms with van der Waals surface area (Å²) in [5.41, 5.74) is 2.49. The molecule has 0 saturated carbocycles. The number of hydrazine groups is 1. The number of nitrogen functional groups attached to an aromatic ring is 1. The monoisotopic (exact) mass is 209 g/mol. The molecule has 0 spiro atoms. The van der Waals surface area contributed by atoms with Gasteiger partial charge in [-0.3, -0.25) is 4.98 Å². The lowest BCUT2D eigenvalue weighted by Crippen LogP contribution is -2.22. The predicted molar refractivity (Wildman–Crippen MR) is 62.6 cm³/mol. The Labute approximate surface area is 90.7 Å². The molecule has 0 unspecified atom stereocenters. The molecular formula is C10H19N5. The summed E-state index contributed by atoms with van der Waals surface area (Å²) >= 11 is 0. The SMILES string of the molecule is CC(C)CCN(C)c1cncc(NN)n1. The molecule has 5 heteroatoms. The highest BCUT2D eigenvalue weighted by Gasteiger charge is 2.04. The summed E-state index contributed by atoms with van der Waals surface area (Å²) in [6.07, 6.45) is 4.47. The molecule has 1 aromatic rings. The molecule has 0 fully saturated rings. The Bertz CT molecular complexity index is 300. The van der Waals surface area contributed by atoms with E-state index in [1.807, 2.05) is 7.05 Å². The molecule has 0 saturated heterocycles. The van der Waals surface area contributed by atoms with Crippen LogP contribution in [-0.2, 0) is 0 Å². The van der Waals surface area contributed by atoms with E-state index in [-0.39, 0.29) is 0 Å². The van der Waals surface area contributed by atoms with Gasteiger partial charge in [0.15, 0.2) is 5.82 Å². The fourth-order valence-electron chi connectivity index (χ4n) is 1.18. The van der Waals surface area contributed by atoms with Crippen molar-refractivity contribution < 1.29 is 0 Å². The molecule has 0 aliphatic carbocycles. The van der Waals surface area contributed by atoms with Gasteiger partial charge in [-0.15, -0.1) is 0 Å². The zero-order chi connectivity index (χ0) is 11.3. The lowest BCUT2D eigenvalue weighted by atomic mass is 10.1. The van der Waals surface area contributed by atoms with E-state index in [1.54, 1.807) is 12.4 Å². The highest BCUT2D eigenvalue weighted by atomic mass is 15.3. The van der Waals surface area contributed by atoms with E-state index in [4.69, 9.17) is 5.84 Å². The van der Waals surface area contributed by atoms with Gasteiger partial charge in [-0.05, 0) is 12.3 Å². The molecule has 0 aliphatic rings. The second kappa shape index (κ2) is 5.50. The third-order valence-corrected chi connectivity index (χ3v) is 2.20. The fraction of sp³-hybridized carbons (Fsp3) is 0.600. The second-order valence-corrected chi connectivity index (χ2v) is 4.01. The van der Waals surface area contributed by atoms with Crippen molar-refractivity contribution in [3.8, 4) is 0 Å². The van der Waals surface area contributed by atoms with E-state index in [0.29, 0.717) is 11.7 Å². The van der Waals surface area contributed by atoms with Gasteiger partial charge in [0, 0.05) is 13.6 Å². The Balaban J connectivity index is 2.60. The minimum Gasteiger partial charge on any atom is -0.358 e. The van der Waals surface area contributed by atoms with Crippen LogP contribution < -0.4 is 16.2 Å². The van der Waals surface area contributed by atoms with Gasteiger partial charge in [0.1, 0.15) is 5.82 Å². The third-order valence-electron chi connectivity index (χ3n) is 2.20. The predicted octanol–water partition coefficient (Wildman–Crippen LogP) is 1.24. The third kappa shape index (κ3) is 3.71. The summed E-state index contributed by atoms with van der Waals surface area (Å²) in [4.78, 5) is 10.4. The molecule has 1 aromatic heterocycles. The highest BCUT2D eigenvalue weighted by molar-refractivity contribution is 5.42. The standard InChI is InChI=1S/C10H19N5/c1-8(2)4-5-15(3)10-7-12-6-9(13-10)14-11/h6-8H,4-5,11H2,1-3H3,(H,13,14). The number of hydrogen-bond donors (Lipinski definition) is 2. The average Bonchev–Trinajstić information content (AvgIpc) is 2.26. The molecule has 0 amide bonds. The average molecular weight is 209 g/mol. The molecule has 0 atom stereocenters. The summed E-state index contributed by atoms with van der Waals surface area (Å²) in [6, 6.07) is 0. The molecule has 15 heavy (non-hydrogen) atoms. The maximum absolute atomic E-state index is 5.27. The summed E-state index contributed by atoms with van der Waals surface area (Å²) in [5.74, 6) is 7.39. The summed E-state index contributed by atoms with van der Waals surface area (Å²) in [6.45, 7) is 5.38. The van der Waals surface area contributed by atoms with Gasteiger partial charge in [-0.2, -0.15) is 0 Å². The van der Waals surface area contributed by atoms with Crippen LogP contribution in [0.3, 0.4) is 0 Å². The van der Waals surface area contributed by atoms with Gasteiger partial charge in [-0.1, -0.05) is 13.8 Å². The molecule has 1 rings (SSSR count). The first-order valence-corrected chi connectivity index (χ1v) is 5.13. The van der Waals surface area contributed by atoms with Crippen LogP contribution in [0.25, 0.3) is 0 Å². The molecule has 0 aliphatic heterocycles.